The summed E-state index contributed by atoms with van der Waals surface area (Å²) in [6.07, 6.45) is 2.04. The Labute approximate surface area is 152 Å². The van der Waals surface area contributed by atoms with Crippen molar-refractivity contribution in [1.29, 1.82) is 5.26 Å². The van der Waals surface area contributed by atoms with Gasteiger partial charge in [-0.1, -0.05) is 72.8 Å². The molecule has 0 radical (unpaired) electrons. The van der Waals surface area contributed by atoms with Gasteiger partial charge in [-0.3, -0.25) is 4.79 Å². The Morgan fingerprint density at radius 3 is 2.12 bits per heavy atom. The number of allylic oxidation sites excluding steroid dienone is 1. The molecule has 0 unspecified atom stereocenters. The van der Waals surface area contributed by atoms with E-state index in [0.717, 1.165) is 16.7 Å². The van der Waals surface area contributed by atoms with Crippen LogP contribution in [0, 0.1) is 11.3 Å². The fourth-order valence-corrected chi connectivity index (χ4v) is 2.53. The van der Waals surface area contributed by atoms with Gasteiger partial charge in [0.1, 0.15) is 5.75 Å². The van der Waals surface area contributed by atoms with E-state index in [4.69, 9.17) is 4.74 Å². The van der Waals surface area contributed by atoms with Crippen LogP contribution < -0.4 is 4.74 Å². The summed E-state index contributed by atoms with van der Waals surface area (Å²) in [5.74, 6) is 0.183. The maximum Gasteiger partial charge on any atom is 0.315 e. The molecule has 3 rings (SSSR count). The van der Waals surface area contributed by atoms with Crippen molar-refractivity contribution in [1.82, 2.24) is 0 Å². The lowest BCUT2D eigenvalue weighted by molar-refractivity contribution is -0.133. The van der Waals surface area contributed by atoms with E-state index in [1.54, 1.807) is 12.1 Å². The fourth-order valence-electron chi connectivity index (χ4n) is 2.53. The predicted octanol–water partition coefficient (Wildman–Crippen LogP) is 4.90. The van der Waals surface area contributed by atoms with Gasteiger partial charge >= 0.3 is 5.97 Å². The number of rotatable bonds is 5. The van der Waals surface area contributed by atoms with Crippen LogP contribution in [0.15, 0.2) is 84.9 Å². The number of carbonyl (C=O) groups is 1. The van der Waals surface area contributed by atoms with E-state index in [2.05, 4.69) is 6.07 Å². The van der Waals surface area contributed by atoms with Gasteiger partial charge in [0.25, 0.3) is 0 Å². The zero-order valence-electron chi connectivity index (χ0n) is 14.1. The third kappa shape index (κ3) is 4.68. The maximum absolute atomic E-state index is 12.0. The van der Waals surface area contributed by atoms with E-state index in [-0.39, 0.29) is 12.4 Å². The van der Waals surface area contributed by atoms with Crippen molar-refractivity contribution >= 4 is 17.6 Å². The minimum Gasteiger partial charge on any atom is -0.426 e. The molecule has 0 heterocycles. The van der Waals surface area contributed by atoms with E-state index < -0.39 is 0 Å². The van der Waals surface area contributed by atoms with Crippen molar-refractivity contribution < 1.29 is 9.53 Å². The van der Waals surface area contributed by atoms with Gasteiger partial charge in [0, 0.05) is 0 Å². The van der Waals surface area contributed by atoms with Gasteiger partial charge in [-0.2, -0.15) is 5.26 Å². The quantitative estimate of drug-likeness (QED) is 0.287. The predicted molar refractivity (Wildman–Crippen MR) is 102 cm³/mol. The monoisotopic (exact) mass is 339 g/mol. The lowest BCUT2D eigenvalue weighted by Crippen LogP contribution is -2.11. The lowest BCUT2D eigenvalue weighted by Gasteiger charge is -2.05. The van der Waals surface area contributed by atoms with E-state index in [0.29, 0.717) is 11.3 Å². The molecule has 26 heavy (non-hydrogen) atoms. The highest BCUT2D eigenvalue weighted by molar-refractivity contribution is 5.89. The molecule has 3 heteroatoms. The zero-order chi connectivity index (χ0) is 18.2. The summed E-state index contributed by atoms with van der Waals surface area (Å²) in [4.78, 5) is 12.0. The Bertz CT molecular complexity index is 937. The van der Waals surface area contributed by atoms with Crippen LogP contribution >= 0.6 is 0 Å². The molecule has 0 saturated heterocycles. The number of nitrogens with zero attached hydrogens (tertiary/aromatic N) is 1. The van der Waals surface area contributed by atoms with Crippen LogP contribution in [-0.2, 0) is 11.2 Å². The van der Waals surface area contributed by atoms with Gasteiger partial charge in [0.05, 0.1) is 18.1 Å². The smallest absolute Gasteiger partial charge is 0.315 e. The number of hydrogen-bond donors (Lipinski definition) is 0. The van der Waals surface area contributed by atoms with Crippen molar-refractivity contribution in [3.63, 3.8) is 0 Å². The molecule has 0 fully saturated rings. The highest BCUT2D eigenvalue weighted by atomic mass is 16.5. The molecule has 3 aromatic carbocycles. The lowest BCUT2D eigenvalue weighted by atomic mass is 10.0. The SMILES string of the molecule is N#C/C(=C/c1ccc(OC(=O)Cc2ccccc2)cc1)c1ccccc1. The summed E-state index contributed by atoms with van der Waals surface area (Å²) in [5, 5.41) is 9.37. The van der Waals surface area contributed by atoms with Gasteiger partial charge in [-0.15, -0.1) is 0 Å². The third-order valence-corrected chi connectivity index (χ3v) is 3.82. The molecular formula is C23H17NO2. The summed E-state index contributed by atoms with van der Waals surface area (Å²) >= 11 is 0. The van der Waals surface area contributed by atoms with Crippen LogP contribution in [0.25, 0.3) is 11.6 Å². The molecule has 0 aromatic heterocycles. The van der Waals surface area contributed by atoms with Crippen LogP contribution in [0.2, 0.25) is 0 Å². The van der Waals surface area contributed by atoms with E-state index in [1.165, 1.54) is 0 Å². The summed E-state index contributed by atoms with van der Waals surface area (Å²) in [6, 6.07) is 28.3. The fraction of sp³-hybridized carbons (Fsp3) is 0.0435. The second-order valence-electron chi connectivity index (χ2n) is 5.74. The molecular weight excluding hydrogens is 322 g/mol. The summed E-state index contributed by atoms with van der Waals surface area (Å²) in [5.41, 5.74) is 3.24. The third-order valence-electron chi connectivity index (χ3n) is 3.82. The van der Waals surface area contributed by atoms with Gasteiger partial charge in [-0.05, 0) is 34.9 Å². The molecule has 0 amide bonds. The highest BCUT2D eigenvalue weighted by Gasteiger charge is 2.06. The van der Waals surface area contributed by atoms with Crippen molar-refractivity contribution in [2.75, 3.05) is 0 Å². The Morgan fingerprint density at radius 1 is 0.885 bits per heavy atom. The van der Waals surface area contributed by atoms with Crippen LogP contribution in [0.1, 0.15) is 16.7 Å². The number of hydrogen-bond acceptors (Lipinski definition) is 3. The second-order valence-corrected chi connectivity index (χ2v) is 5.74. The zero-order valence-corrected chi connectivity index (χ0v) is 14.1. The first-order chi connectivity index (χ1) is 12.7. The van der Waals surface area contributed by atoms with Crippen molar-refractivity contribution in [3.8, 4) is 11.8 Å². The molecule has 0 aliphatic rings. The van der Waals surface area contributed by atoms with E-state index >= 15 is 0 Å². The summed E-state index contributed by atoms with van der Waals surface area (Å²) < 4.78 is 5.36. The van der Waals surface area contributed by atoms with Gasteiger partial charge in [-0.25, -0.2) is 0 Å². The van der Waals surface area contributed by atoms with Crippen LogP contribution in [0.5, 0.6) is 5.75 Å². The average Bonchev–Trinajstić information content (AvgIpc) is 2.69. The first kappa shape index (κ1) is 17.2. The summed E-state index contributed by atoms with van der Waals surface area (Å²) in [6.45, 7) is 0. The van der Waals surface area contributed by atoms with Crippen molar-refractivity contribution in [3.05, 3.63) is 102 Å². The molecule has 3 nitrogen and oxygen atoms in total. The molecule has 126 valence electrons. The van der Waals surface area contributed by atoms with E-state index in [1.807, 2.05) is 78.9 Å². The number of ether oxygens (including phenoxy) is 1. The highest BCUT2D eigenvalue weighted by Crippen LogP contribution is 2.20. The molecule has 0 aliphatic carbocycles. The van der Waals surface area contributed by atoms with Gasteiger partial charge in [0.2, 0.25) is 0 Å². The molecule has 0 saturated carbocycles. The van der Waals surface area contributed by atoms with Gasteiger partial charge < -0.3 is 4.74 Å². The van der Waals surface area contributed by atoms with Gasteiger partial charge in [0.15, 0.2) is 0 Å². The molecule has 3 aromatic rings. The second kappa shape index (κ2) is 8.46. The van der Waals surface area contributed by atoms with Crippen molar-refractivity contribution in [2.45, 2.75) is 6.42 Å². The molecule has 0 bridgehead atoms. The van der Waals surface area contributed by atoms with Crippen LogP contribution in [0.4, 0.5) is 0 Å². The standard InChI is InChI=1S/C23H17NO2/c24-17-21(20-9-5-2-6-10-20)15-19-11-13-22(14-12-19)26-23(25)16-18-7-3-1-4-8-18/h1-15H,16H2/b21-15-. The first-order valence-corrected chi connectivity index (χ1v) is 8.26. The van der Waals surface area contributed by atoms with Crippen LogP contribution in [0.3, 0.4) is 0 Å². The maximum atomic E-state index is 12.0. The Balaban J connectivity index is 1.67. The normalized spacial score (nSPS) is 10.8. The molecule has 0 atom stereocenters. The first-order valence-electron chi connectivity index (χ1n) is 8.26. The van der Waals surface area contributed by atoms with E-state index in [9.17, 15) is 10.1 Å². The van der Waals surface area contributed by atoms with Crippen LogP contribution in [-0.4, -0.2) is 5.97 Å². The number of nitriles is 1. The minimum absolute atomic E-state index is 0.231. The number of carbonyl (C=O) groups excluding carboxylic acids is 1. The molecule has 0 aliphatic heterocycles. The van der Waals surface area contributed by atoms with Crippen molar-refractivity contribution in [2.24, 2.45) is 0 Å². The number of benzene rings is 3. The Kier molecular flexibility index (Phi) is 5.59. The number of esters is 1. The average molecular weight is 339 g/mol. The topological polar surface area (TPSA) is 50.1 Å². The Hall–Kier alpha value is -3.64. The molecule has 0 spiro atoms. The minimum atomic E-state index is -0.304. The largest absolute Gasteiger partial charge is 0.426 e. The molecule has 0 N–H and O–H groups in total. The summed E-state index contributed by atoms with van der Waals surface area (Å²) in [7, 11) is 0. The Morgan fingerprint density at radius 2 is 1.50 bits per heavy atom.